The lowest BCUT2D eigenvalue weighted by molar-refractivity contribution is -0.141. The summed E-state index contributed by atoms with van der Waals surface area (Å²) in [6, 6.07) is 0. The molecule has 0 saturated carbocycles. The highest BCUT2D eigenvalue weighted by Crippen LogP contribution is 2.44. The highest BCUT2D eigenvalue weighted by Gasteiger charge is 2.33. The molecule has 10 nitrogen and oxygen atoms in total. The molecule has 0 spiro atoms. The zero-order valence-electron chi connectivity index (χ0n) is 14.3. The van der Waals surface area contributed by atoms with Gasteiger partial charge in [0.1, 0.15) is 5.78 Å². The molecule has 0 saturated heterocycles. The molecule has 0 aromatic heterocycles. The minimum absolute atomic E-state index is 0.0858. The van der Waals surface area contributed by atoms with E-state index in [4.69, 9.17) is 10.2 Å². The summed E-state index contributed by atoms with van der Waals surface area (Å²) in [4.78, 5) is 45.4. The van der Waals surface area contributed by atoms with Crippen LogP contribution >= 0.6 is 7.60 Å². The van der Waals surface area contributed by atoms with Gasteiger partial charge >= 0.3 is 19.5 Å². The van der Waals surface area contributed by atoms with Gasteiger partial charge in [0.2, 0.25) is 0 Å². The normalized spacial score (nSPS) is 13.7. The molecule has 0 radical (unpaired) electrons. The van der Waals surface area contributed by atoms with Gasteiger partial charge in [-0.1, -0.05) is 6.92 Å². The quantitative estimate of drug-likeness (QED) is 0.306. The highest BCUT2D eigenvalue weighted by atomic mass is 31.2. The first-order chi connectivity index (χ1) is 11.0. The van der Waals surface area contributed by atoms with Crippen molar-refractivity contribution in [3.05, 3.63) is 0 Å². The fraction of sp³-hybridized carbons (Fsp3) is 0.846. The third-order valence-electron chi connectivity index (χ3n) is 3.43. The summed E-state index contributed by atoms with van der Waals surface area (Å²) >= 11 is 0. The van der Waals surface area contributed by atoms with Crippen LogP contribution in [0.25, 0.3) is 0 Å². The van der Waals surface area contributed by atoms with Crippen molar-refractivity contribution >= 4 is 19.5 Å². The van der Waals surface area contributed by atoms with Gasteiger partial charge in [-0.3, -0.25) is 24.0 Å². The molecule has 0 aliphatic carbocycles. The molecule has 24 heavy (non-hydrogen) atoms. The van der Waals surface area contributed by atoms with Gasteiger partial charge in [-0.25, -0.2) is 0 Å². The zero-order chi connectivity index (χ0) is 18.9. The van der Waals surface area contributed by atoms with E-state index in [0.29, 0.717) is 13.1 Å². The van der Waals surface area contributed by atoms with Crippen molar-refractivity contribution in [1.29, 1.82) is 0 Å². The predicted molar refractivity (Wildman–Crippen MR) is 88.0 cm³/mol. The van der Waals surface area contributed by atoms with Crippen LogP contribution in [0, 0.1) is 0 Å². The Morgan fingerprint density at radius 3 is 1.75 bits per heavy atom. The highest BCUT2D eigenvalue weighted by molar-refractivity contribution is 7.52. The number of aliphatic carboxylic acids is 2. The second kappa shape index (κ2) is 10.8. The van der Waals surface area contributed by atoms with E-state index in [1.165, 1.54) is 4.90 Å². The molecular weight excluding hydrogens is 341 g/mol. The summed E-state index contributed by atoms with van der Waals surface area (Å²) in [5, 5.41) is 17.7. The number of nitrogens with zero attached hydrogens (tertiary/aromatic N) is 3. The molecule has 1 atom stereocenters. The fourth-order valence-electron chi connectivity index (χ4n) is 2.31. The molecule has 0 aliphatic heterocycles. The first kappa shape index (κ1) is 23.0. The van der Waals surface area contributed by atoms with Gasteiger partial charge in [-0.05, 0) is 20.5 Å². The Labute approximate surface area is 141 Å². The van der Waals surface area contributed by atoms with Crippen molar-refractivity contribution in [1.82, 2.24) is 14.7 Å². The van der Waals surface area contributed by atoms with E-state index in [-0.39, 0.29) is 19.5 Å². The Bertz CT molecular complexity index is 439. The topological polar surface area (TPSA) is 142 Å². The molecule has 0 aliphatic rings. The van der Waals surface area contributed by atoms with Crippen LogP contribution in [0.1, 0.15) is 13.3 Å². The predicted octanol–water partition coefficient (Wildman–Crippen LogP) is -0.765. The molecule has 4 N–H and O–H groups in total. The lowest BCUT2D eigenvalue weighted by Gasteiger charge is -2.33. The Morgan fingerprint density at radius 2 is 1.42 bits per heavy atom. The molecule has 0 bridgehead atoms. The van der Waals surface area contributed by atoms with Crippen molar-refractivity contribution in [2.75, 3.05) is 53.4 Å². The fourth-order valence-corrected chi connectivity index (χ4v) is 3.45. The summed E-state index contributed by atoms with van der Waals surface area (Å²) in [5.74, 6) is -3.29. The minimum atomic E-state index is -4.35. The molecule has 0 fully saturated rings. The van der Waals surface area contributed by atoms with Gasteiger partial charge < -0.3 is 24.9 Å². The summed E-state index contributed by atoms with van der Waals surface area (Å²) < 4.78 is 11.7. The van der Waals surface area contributed by atoms with Gasteiger partial charge in [0, 0.05) is 26.2 Å². The lowest BCUT2D eigenvalue weighted by atomic mass is 10.3. The van der Waals surface area contributed by atoms with E-state index in [1.54, 1.807) is 11.8 Å². The average Bonchev–Trinajstić information content (AvgIpc) is 2.38. The zero-order valence-corrected chi connectivity index (χ0v) is 15.2. The van der Waals surface area contributed by atoms with Crippen molar-refractivity contribution in [2.24, 2.45) is 0 Å². The second-order valence-electron chi connectivity index (χ2n) is 5.82. The molecule has 1 unspecified atom stereocenters. The van der Waals surface area contributed by atoms with Crippen LogP contribution in [0.15, 0.2) is 0 Å². The number of carbonyl (C=O) groups is 2. The number of carboxylic acid groups (broad SMARTS) is 2. The molecule has 0 rings (SSSR count). The van der Waals surface area contributed by atoms with Gasteiger partial charge in [0.05, 0.1) is 13.1 Å². The smallest absolute Gasteiger partial charge is 0.342 e. The lowest BCUT2D eigenvalue weighted by Crippen LogP contribution is -2.45. The summed E-state index contributed by atoms with van der Waals surface area (Å²) in [6.45, 7) is 1.97. The van der Waals surface area contributed by atoms with Crippen LogP contribution in [0.5, 0.6) is 0 Å². The standard InChI is InChI=1S/C13H28N3O7P/c1-4-11(24(21,22)23)16(7-5-14(2)3)8-6-15(9-12(17)18)10-13(19)20/h11H,4-10H2,1-3H3,(H,17,18)(H,19,20)(H2,21,22,23). The van der Waals surface area contributed by atoms with Crippen LogP contribution in [0.2, 0.25) is 0 Å². The third kappa shape index (κ3) is 9.96. The van der Waals surface area contributed by atoms with E-state index in [0.717, 1.165) is 0 Å². The Kier molecular flexibility index (Phi) is 10.3. The average molecular weight is 369 g/mol. The van der Waals surface area contributed by atoms with E-state index >= 15 is 0 Å². The van der Waals surface area contributed by atoms with Crippen molar-refractivity contribution in [2.45, 2.75) is 19.1 Å². The van der Waals surface area contributed by atoms with Crippen molar-refractivity contribution in [3.8, 4) is 0 Å². The SMILES string of the molecule is CCC(N(CCN(C)C)CCN(CC(=O)O)CC(=O)O)P(=O)(O)O. The molecular formula is C13H28N3O7P. The second-order valence-corrected chi connectivity index (χ2v) is 7.59. The Balaban J connectivity index is 5.03. The van der Waals surface area contributed by atoms with Crippen LogP contribution in [-0.4, -0.2) is 106 Å². The van der Waals surface area contributed by atoms with E-state index in [1.807, 2.05) is 19.0 Å². The first-order valence-corrected chi connectivity index (χ1v) is 9.25. The molecule has 0 aromatic rings. The van der Waals surface area contributed by atoms with Crippen LogP contribution in [0.4, 0.5) is 0 Å². The van der Waals surface area contributed by atoms with Gasteiger partial charge in [0.25, 0.3) is 0 Å². The maximum atomic E-state index is 11.7. The number of carboxylic acids is 2. The van der Waals surface area contributed by atoms with Crippen molar-refractivity contribution < 1.29 is 34.2 Å². The summed E-state index contributed by atoms with van der Waals surface area (Å²) in [5.41, 5.74) is 0. The minimum Gasteiger partial charge on any atom is -0.480 e. The third-order valence-corrected chi connectivity index (χ3v) is 4.90. The molecule has 142 valence electrons. The number of rotatable bonds is 13. The summed E-state index contributed by atoms with van der Waals surface area (Å²) in [7, 11) is -0.688. The number of hydrogen-bond acceptors (Lipinski definition) is 6. The molecule has 0 aromatic carbocycles. The van der Waals surface area contributed by atoms with Crippen molar-refractivity contribution in [3.63, 3.8) is 0 Å². The maximum Gasteiger partial charge on any atom is 0.342 e. The largest absolute Gasteiger partial charge is 0.480 e. The van der Waals surface area contributed by atoms with Crippen LogP contribution < -0.4 is 0 Å². The maximum absolute atomic E-state index is 11.7. The van der Waals surface area contributed by atoms with Gasteiger partial charge in [-0.2, -0.15) is 0 Å². The number of likely N-dealkylation sites (N-methyl/N-ethyl adjacent to an activating group) is 1. The monoisotopic (exact) mass is 369 g/mol. The molecule has 0 amide bonds. The Morgan fingerprint density at radius 1 is 0.958 bits per heavy atom. The molecule has 11 heteroatoms. The van der Waals surface area contributed by atoms with E-state index in [2.05, 4.69) is 0 Å². The van der Waals surface area contributed by atoms with E-state index < -0.39 is 38.4 Å². The molecule has 0 heterocycles. The Hall–Kier alpha value is -1.03. The van der Waals surface area contributed by atoms with Crippen LogP contribution in [0.3, 0.4) is 0 Å². The van der Waals surface area contributed by atoms with Gasteiger partial charge in [0.15, 0.2) is 0 Å². The van der Waals surface area contributed by atoms with Crippen LogP contribution in [-0.2, 0) is 14.2 Å². The van der Waals surface area contributed by atoms with E-state index in [9.17, 15) is 23.9 Å². The van der Waals surface area contributed by atoms with Gasteiger partial charge in [-0.15, -0.1) is 0 Å². The first-order valence-electron chi connectivity index (χ1n) is 7.57. The summed E-state index contributed by atoms with van der Waals surface area (Å²) in [6.07, 6.45) is 0.232. The number of hydrogen-bond donors (Lipinski definition) is 4.